The second kappa shape index (κ2) is 6.71. The Morgan fingerprint density at radius 2 is 1.74 bits per heavy atom. The molecule has 9 heteroatoms. The molecule has 0 unspecified atom stereocenters. The van der Waals surface area contributed by atoms with Gasteiger partial charge in [0.15, 0.2) is 0 Å². The molecule has 0 aliphatic heterocycles. The Morgan fingerprint density at radius 1 is 0.963 bits per heavy atom. The highest BCUT2D eigenvalue weighted by Gasteiger charge is 2.16. The normalized spacial score (nSPS) is 10.7. The molecule has 0 bridgehead atoms. The number of nitrogens with zero attached hydrogens (tertiary/aromatic N) is 2. The Bertz CT molecular complexity index is 1120. The van der Waals surface area contributed by atoms with Crippen LogP contribution in [0.3, 0.4) is 0 Å². The van der Waals surface area contributed by atoms with Crippen LogP contribution in [0.2, 0.25) is 0 Å². The molecule has 2 heterocycles. The molecule has 4 aromatic rings. The third-order valence-corrected chi connectivity index (χ3v) is 3.83. The quantitative estimate of drug-likeness (QED) is 0.445. The van der Waals surface area contributed by atoms with E-state index in [0.717, 1.165) is 0 Å². The zero-order valence-electron chi connectivity index (χ0n) is 13.8. The van der Waals surface area contributed by atoms with E-state index in [1.54, 1.807) is 24.4 Å². The molecule has 0 aliphatic rings. The second-order valence-electron chi connectivity index (χ2n) is 5.64. The van der Waals surface area contributed by atoms with Crippen LogP contribution in [0, 0.1) is 5.82 Å². The van der Waals surface area contributed by atoms with Gasteiger partial charge >= 0.3 is 0 Å². The lowest BCUT2D eigenvalue weighted by Gasteiger charge is -2.02. The molecule has 4 N–H and O–H groups in total. The van der Waals surface area contributed by atoms with E-state index in [1.165, 1.54) is 30.5 Å². The standard InChI is InChI=1S/C18H13FN6O2/c19-11-6-4-10(5-7-11)15(26)24-18-22-13-3-1-2-12(14(13)23-18)16(27)25-17-20-8-9-21-17/h1-9H,(H2,20,21,25,27)(H2,22,23,24,26). The van der Waals surface area contributed by atoms with Gasteiger partial charge in [0.2, 0.25) is 11.9 Å². The predicted octanol–water partition coefficient (Wildman–Crippen LogP) is 2.93. The van der Waals surface area contributed by atoms with Gasteiger partial charge in [-0.05, 0) is 36.4 Å². The summed E-state index contributed by atoms with van der Waals surface area (Å²) in [4.78, 5) is 38.7. The highest BCUT2D eigenvalue weighted by Crippen LogP contribution is 2.20. The number of amides is 2. The molecule has 2 amide bonds. The first kappa shape index (κ1) is 16.5. The Hall–Kier alpha value is -4.01. The number of anilines is 2. The third-order valence-electron chi connectivity index (χ3n) is 3.83. The average Bonchev–Trinajstić information content (AvgIpc) is 3.30. The maximum absolute atomic E-state index is 13.0. The van der Waals surface area contributed by atoms with Gasteiger partial charge in [0.1, 0.15) is 11.3 Å². The van der Waals surface area contributed by atoms with Crippen LogP contribution in [0.25, 0.3) is 11.0 Å². The number of rotatable bonds is 4. The fourth-order valence-electron chi connectivity index (χ4n) is 2.56. The van der Waals surface area contributed by atoms with Gasteiger partial charge in [-0.25, -0.2) is 14.4 Å². The zero-order chi connectivity index (χ0) is 18.8. The van der Waals surface area contributed by atoms with Crippen molar-refractivity contribution in [2.45, 2.75) is 0 Å². The number of halogens is 1. The molecule has 8 nitrogen and oxygen atoms in total. The van der Waals surface area contributed by atoms with E-state index in [1.807, 2.05) is 0 Å². The van der Waals surface area contributed by atoms with Crippen LogP contribution in [0.15, 0.2) is 54.9 Å². The maximum Gasteiger partial charge on any atom is 0.260 e. The topological polar surface area (TPSA) is 116 Å². The number of carbonyl (C=O) groups excluding carboxylic acids is 2. The lowest BCUT2D eigenvalue weighted by Crippen LogP contribution is -2.14. The first-order chi connectivity index (χ1) is 13.1. The van der Waals surface area contributed by atoms with E-state index in [-0.39, 0.29) is 11.5 Å². The van der Waals surface area contributed by atoms with Gasteiger partial charge < -0.3 is 9.97 Å². The van der Waals surface area contributed by atoms with Crippen LogP contribution in [0.1, 0.15) is 20.7 Å². The van der Waals surface area contributed by atoms with Crippen molar-refractivity contribution in [3.8, 4) is 0 Å². The molecule has 27 heavy (non-hydrogen) atoms. The Morgan fingerprint density at radius 3 is 2.48 bits per heavy atom. The summed E-state index contributed by atoms with van der Waals surface area (Å²) in [5.41, 5.74) is 1.59. The molecule has 134 valence electrons. The van der Waals surface area contributed by atoms with Gasteiger partial charge in [-0.1, -0.05) is 6.07 Å². The molecule has 0 atom stereocenters. The van der Waals surface area contributed by atoms with E-state index < -0.39 is 17.6 Å². The molecule has 0 spiro atoms. The predicted molar refractivity (Wildman–Crippen MR) is 97.0 cm³/mol. The number of aromatic nitrogens is 4. The van der Waals surface area contributed by atoms with Crippen molar-refractivity contribution in [3.05, 3.63) is 71.8 Å². The molecule has 0 saturated carbocycles. The molecule has 2 aromatic heterocycles. The Kier molecular flexibility index (Phi) is 4.09. The number of aromatic amines is 2. The van der Waals surface area contributed by atoms with Crippen molar-refractivity contribution in [2.24, 2.45) is 0 Å². The van der Waals surface area contributed by atoms with Crippen molar-refractivity contribution in [1.82, 2.24) is 19.9 Å². The highest BCUT2D eigenvalue weighted by atomic mass is 19.1. The van der Waals surface area contributed by atoms with E-state index in [0.29, 0.717) is 22.5 Å². The molecular weight excluding hydrogens is 351 g/mol. The SMILES string of the molecule is O=C(Nc1nc2c(C(=O)Nc3ncc[nH]3)cccc2[nH]1)c1ccc(F)cc1. The summed E-state index contributed by atoms with van der Waals surface area (Å²) in [5, 5.41) is 5.23. The van der Waals surface area contributed by atoms with Crippen molar-refractivity contribution in [3.63, 3.8) is 0 Å². The minimum absolute atomic E-state index is 0.178. The average molecular weight is 364 g/mol. The number of benzene rings is 2. The number of fused-ring (bicyclic) bond motifs is 1. The number of H-pyrrole nitrogens is 2. The third kappa shape index (κ3) is 3.38. The number of imidazole rings is 2. The van der Waals surface area contributed by atoms with Gasteiger partial charge in [-0.2, -0.15) is 0 Å². The van der Waals surface area contributed by atoms with Crippen LogP contribution < -0.4 is 10.6 Å². The van der Waals surface area contributed by atoms with E-state index in [9.17, 15) is 14.0 Å². The van der Waals surface area contributed by atoms with Crippen LogP contribution in [0.5, 0.6) is 0 Å². The van der Waals surface area contributed by atoms with Gasteiger partial charge in [-0.15, -0.1) is 0 Å². The Balaban J connectivity index is 1.59. The first-order valence-corrected chi connectivity index (χ1v) is 7.96. The molecular formula is C18H13FN6O2. The molecule has 2 aromatic carbocycles. The number of para-hydroxylation sites is 1. The fraction of sp³-hybridized carbons (Fsp3) is 0. The van der Waals surface area contributed by atoms with Crippen LogP contribution in [-0.2, 0) is 0 Å². The van der Waals surface area contributed by atoms with Crippen LogP contribution in [-0.4, -0.2) is 31.8 Å². The molecule has 4 rings (SSSR count). The molecule has 0 radical (unpaired) electrons. The number of carbonyl (C=O) groups is 2. The van der Waals surface area contributed by atoms with Gasteiger partial charge in [0.05, 0.1) is 11.1 Å². The minimum atomic E-state index is -0.448. The summed E-state index contributed by atoms with van der Waals surface area (Å²) < 4.78 is 13.0. The smallest absolute Gasteiger partial charge is 0.260 e. The minimum Gasteiger partial charge on any atom is -0.331 e. The van der Waals surface area contributed by atoms with Crippen LogP contribution in [0.4, 0.5) is 16.3 Å². The van der Waals surface area contributed by atoms with E-state index >= 15 is 0 Å². The molecule has 0 aliphatic carbocycles. The Labute approximate surface area is 151 Å². The van der Waals surface area contributed by atoms with Gasteiger partial charge in [0, 0.05) is 18.0 Å². The van der Waals surface area contributed by atoms with Crippen molar-refractivity contribution < 1.29 is 14.0 Å². The number of hydrogen-bond acceptors (Lipinski definition) is 4. The molecule has 0 saturated heterocycles. The van der Waals surface area contributed by atoms with Crippen LogP contribution >= 0.6 is 0 Å². The second-order valence-corrected chi connectivity index (χ2v) is 5.64. The lowest BCUT2D eigenvalue weighted by atomic mass is 10.2. The summed E-state index contributed by atoms with van der Waals surface area (Å²) in [7, 11) is 0. The van der Waals surface area contributed by atoms with E-state index in [4.69, 9.17) is 0 Å². The monoisotopic (exact) mass is 364 g/mol. The summed E-state index contributed by atoms with van der Waals surface area (Å²) in [6.45, 7) is 0. The summed E-state index contributed by atoms with van der Waals surface area (Å²) in [6, 6.07) is 10.2. The lowest BCUT2D eigenvalue weighted by molar-refractivity contribution is 0.101. The summed E-state index contributed by atoms with van der Waals surface area (Å²) in [5.74, 6) is -0.772. The highest BCUT2D eigenvalue weighted by molar-refractivity contribution is 6.11. The zero-order valence-corrected chi connectivity index (χ0v) is 13.8. The van der Waals surface area contributed by atoms with Gasteiger partial charge in [0.25, 0.3) is 11.8 Å². The van der Waals surface area contributed by atoms with Crippen molar-refractivity contribution >= 4 is 34.7 Å². The molecule has 0 fully saturated rings. The summed E-state index contributed by atoms with van der Waals surface area (Å²) in [6.07, 6.45) is 3.11. The number of hydrogen-bond donors (Lipinski definition) is 4. The van der Waals surface area contributed by atoms with Crippen molar-refractivity contribution in [2.75, 3.05) is 10.6 Å². The first-order valence-electron chi connectivity index (χ1n) is 7.96. The maximum atomic E-state index is 13.0. The van der Waals surface area contributed by atoms with Crippen molar-refractivity contribution in [1.29, 1.82) is 0 Å². The van der Waals surface area contributed by atoms with Gasteiger partial charge in [-0.3, -0.25) is 20.2 Å². The van der Waals surface area contributed by atoms with E-state index in [2.05, 4.69) is 30.6 Å². The number of nitrogens with one attached hydrogen (secondary N) is 4. The fourth-order valence-corrected chi connectivity index (χ4v) is 2.56. The largest absolute Gasteiger partial charge is 0.331 e. The summed E-state index contributed by atoms with van der Waals surface area (Å²) >= 11 is 0.